The molecule has 0 fully saturated rings. The predicted octanol–water partition coefficient (Wildman–Crippen LogP) is 2.29. The van der Waals surface area contributed by atoms with Gasteiger partial charge in [0.05, 0.1) is 0 Å². The monoisotopic (exact) mass is 332 g/mol. The molecule has 8 heteroatoms. The first-order chi connectivity index (χ1) is 10.4. The number of nitrogens with two attached hydrogens (primary N) is 1. The Kier molecular flexibility index (Phi) is 5.76. The maximum absolute atomic E-state index is 12.0. The largest absolute Gasteiger partial charge is 0.490 e. The van der Waals surface area contributed by atoms with Crippen LogP contribution in [0.5, 0.6) is 0 Å². The van der Waals surface area contributed by atoms with Gasteiger partial charge in [-0.05, 0) is 25.0 Å². The Labute approximate surface area is 131 Å². The van der Waals surface area contributed by atoms with E-state index in [9.17, 15) is 18.0 Å². The number of carboxylic acids is 1. The molecule has 0 bridgehead atoms. The summed E-state index contributed by atoms with van der Waals surface area (Å²) in [6.45, 7) is 5.22. The Bertz CT molecular complexity index is 555. The molecule has 0 radical (unpaired) electrons. The molecule has 2 rings (SSSR count). The van der Waals surface area contributed by atoms with Crippen molar-refractivity contribution in [3.63, 3.8) is 0 Å². The number of rotatable bonds is 2. The van der Waals surface area contributed by atoms with Gasteiger partial charge in [0.25, 0.3) is 0 Å². The Morgan fingerprint density at radius 2 is 1.57 bits per heavy atom. The van der Waals surface area contributed by atoms with Gasteiger partial charge in [-0.3, -0.25) is 4.79 Å². The minimum atomic E-state index is -5.08. The lowest BCUT2D eigenvalue weighted by atomic mass is 10.0. The number of carboxylic acid groups (broad SMARTS) is 1. The minimum absolute atomic E-state index is 0.142. The summed E-state index contributed by atoms with van der Waals surface area (Å²) in [5, 5.41) is 7.12. The molecule has 0 unspecified atom stereocenters. The molecule has 1 heterocycles. The van der Waals surface area contributed by atoms with Gasteiger partial charge in [0.1, 0.15) is 0 Å². The van der Waals surface area contributed by atoms with Crippen molar-refractivity contribution < 1.29 is 27.9 Å². The van der Waals surface area contributed by atoms with Crippen LogP contribution in [0, 0.1) is 0 Å². The summed E-state index contributed by atoms with van der Waals surface area (Å²) < 4.78 is 31.7. The number of fused-ring (bicyclic) bond motifs is 1. The SMILES string of the molecule is CC(C)(N)CC(=O)N1Cc2ccccc2C1.O=C(O)C(F)(F)F. The van der Waals surface area contributed by atoms with E-state index in [1.807, 2.05) is 30.9 Å². The molecule has 0 saturated heterocycles. The molecule has 0 aliphatic carbocycles. The second kappa shape index (κ2) is 6.99. The fraction of sp³-hybridized carbons (Fsp3) is 0.467. The first-order valence-corrected chi connectivity index (χ1v) is 6.84. The second-order valence-corrected chi connectivity index (χ2v) is 5.99. The van der Waals surface area contributed by atoms with Crippen LogP contribution in [-0.2, 0) is 22.7 Å². The Balaban J connectivity index is 0.000000322. The van der Waals surface area contributed by atoms with E-state index in [0.29, 0.717) is 6.42 Å². The standard InChI is InChI=1S/C13H18N2O.C2HF3O2/c1-13(2,14)7-12(16)15-8-10-5-3-4-6-11(10)9-15;3-2(4,5)1(6)7/h3-6H,7-9,14H2,1-2H3;(H,6,7). The Hall–Kier alpha value is -2.09. The highest BCUT2D eigenvalue weighted by Crippen LogP contribution is 2.23. The number of alkyl halides is 3. The van der Waals surface area contributed by atoms with Gasteiger partial charge in [0.15, 0.2) is 0 Å². The van der Waals surface area contributed by atoms with E-state index >= 15 is 0 Å². The van der Waals surface area contributed by atoms with Gasteiger partial charge >= 0.3 is 12.1 Å². The first-order valence-electron chi connectivity index (χ1n) is 6.84. The van der Waals surface area contributed by atoms with Gasteiger partial charge in [-0.2, -0.15) is 13.2 Å². The molecule has 5 nitrogen and oxygen atoms in total. The quantitative estimate of drug-likeness (QED) is 0.870. The van der Waals surface area contributed by atoms with Crippen molar-refractivity contribution >= 4 is 11.9 Å². The van der Waals surface area contributed by atoms with Crippen LogP contribution in [0.2, 0.25) is 0 Å². The average Bonchev–Trinajstić information content (AvgIpc) is 2.80. The third kappa shape index (κ3) is 6.27. The van der Waals surface area contributed by atoms with Gasteiger partial charge in [-0.1, -0.05) is 24.3 Å². The lowest BCUT2D eigenvalue weighted by Crippen LogP contribution is -2.39. The molecule has 0 saturated carbocycles. The summed E-state index contributed by atoms with van der Waals surface area (Å²) in [4.78, 5) is 22.7. The van der Waals surface area contributed by atoms with E-state index in [-0.39, 0.29) is 5.91 Å². The number of nitrogens with zero attached hydrogens (tertiary/aromatic N) is 1. The number of carbonyl (C=O) groups is 2. The zero-order chi connectivity index (χ0) is 17.8. The molecule has 0 atom stereocenters. The van der Waals surface area contributed by atoms with Crippen LogP contribution in [0.3, 0.4) is 0 Å². The van der Waals surface area contributed by atoms with E-state index in [0.717, 1.165) is 13.1 Å². The number of aliphatic carboxylic acids is 1. The van der Waals surface area contributed by atoms with Crippen molar-refractivity contribution in [2.45, 2.75) is 45.1 Å². The fourth-order valence-electron chi connectivity index (χ4n) is 2.01. The maximum atomic E-state index is 12.0. The second-order valence-electron chi connectivity index (χ2n) is 5.99. The average molecular weight is 332 g/mol. The summed E-state index contributed by atoms with van der Waals surface area (Å²) in [7, 11) is 0. The van der Waals surface area contributed by atoms with Gasteiger partial charge in [0, 0.05) is 25.0 Å². The molecule has 0 aromatic heterocycles. The molecule has 1 aromatic rings. The molecular weight excluding hydrogens is 313 g/mol. The maximum Gasteiger partial charge on any atom is 0.490 e. The lowest BCUT2D eigenvalue weighted by molar-refractivity contribution is -0.192. The van der Waals surface area contributed by atoms with E-state index in [1.54, 1.807) is 0 Å². The van der Waals surface area contributed by atoms with Crippen molar-refractivity contribution in [1.82, 2.24) is 4.90 Å². The van der Waals surface area contributed by atoms with Crippen LogP contribution < -0.4 is 5.73 Å². The summed E-state index contributed by atoms with van der Waals surface area (Å²) in [6.07, 6.45) is -4.68. The topological polar surface area (TPSA) is 83.6 Å². The van der Waals surface area contributed by atoms with Crippen molar-refractivity contribution in [3.8, 4) is 0 Å². The molecule has 1 amide bonds. The number of hydrogen-bond acceptors (Lipinski definition) is 3. The van der Waals surface area contributed by atoms with Crippen molar-refractivity contribution in [1.29, 1.82) is 0 Å². The third-order valence-electron chi connectivity index (χ3n) is 3.04. The van der Waals surface area contributed by atoms with Crippen LogP contribution in [0.1, 0.15) is 31.4 Å². The molecule has 23 heavy (non-hydrogen) atoms. The van der Waals surface area contributed by atoms with Crippen LogP contribution in [0.25, 0.3) is 0 Å². The molecule has 0 spiro atoms. The molecule has 128 valence electrons. The summed E-state index contributed by atoms with van der Waals surface area (Å²) in [5.74, 6) is -2.61. The number of hydrogen-bond donors (Lipinski definition) is 2. The molecule has 1 aliphatic rings. The highest BCUT2D eigenvalue weighted by molar-refractivity contribution is 5.78. The summed E-state index contributed by atoms with van der Waals surface area (Å²) in [5.41, 5.74) is 7.95. The number of carbonyl (C=O) groups excluding carboxylic acids is 1. The predicted molar refractivity (Wildman–Crippen MR) is 77.3 cm³/mol. The van der Waals surface area contributed by atoms with E-state index in [4.69, 9.17) is 15.6 Å². The molecule has 1 aromatic carbocycles. The van der Waals surface area contributed by atoms with Crippen LogP contribution in [0.4, 0.5) is 13.2 Å². The minimum Gasteiger partial charge on any atom is -0.475 e. The number of amides is 1. The zero-order valence-electron chi connectivity index (χ0n) is 12.9. The van der Waals surface area contributed by atoms with Crippen LogP contribution in [0.15, 0.2) is 24.3 Å². The summed E-state index contributed by atoms with van der Waals surface area (Å²) >= 11 is 0. The highest BCUT2D eigenvalue weighted by atomic mass is 19.4. The zero-order valence-corrected chi connectivity index (χ0v) is 12.9. The van der Waals surface area contributed by atoms with Crippen molar-refractivity contribution in [2.75, 3.05) is 0 Å². The lowest BCUT2D eigenvalue weighted by Gasteiger charge is -2.22. The Morgan fingerprint density at radius 1 is 1.17 bits per heavy atom. The third-order valence-corrected chi connectivity index (χ3v) is 3.04. The summed E-state index contributed by atoms with van der Waals surface area (Å²) in [6, 6.07) is 8.19. The van der Waals surface area contributed by atoms with Gasteiger partial charge in [0.2, 0.25) is 5.91 Å². The van der Waals surface area contributed by atoms with Gasteiger partial charge in [-0.25, -0.2) is 4.79 Å². The van der Waals surface area contributed by atoms with E-state index in [2.05, 4.69) is 12.1 Å². The van der Waals surface area contributed by atoms with Crippen LogP contribution in [-0.4, -0.2) is 33.6 Å². The van der Waals surface area contributed by atoms with Gasteiger partial charge < -0.3 is 15.7 Å². The van der Waals surface area contributed by atoms with Gasteiger partial charge in [-0.15, -0.1) is 0 Å². The number of halogens is 3. The molecule has 1 aliphatic heterocycles. The Morgan fingerprint density at radius 3 is 1.87 bits per heavy atom. The normalized spacial score (nSPS) is 13.9. The number of benzene rings is 1. The van der Waals surface area contributed by atoms with E-state index in [1.165, 1.54) is 11.1 Å². The van der Waals surface area contributed by atoms with Crippen molar-refractivity contribution in [2.24, 2.45) is 5.73 Å². The smallest absolute Gasteiger partial charge is 0.475 e. The fourth-order valence-corrected chi connectivity index (χ4v) is 2.01. The highest BCUT2D eigenvalue weighted by Gasteiger charge is 2.38. The van der Waals surface area contributed by atoms with Crippen LogP contribution >= 0.6 is 0 Å². The molecular formula is C15H19F3N2O3. The first kappa shape index (κ1) is 19.0. The molecule has 3 N–H and O–H groups in total. The van der Waals surface area contributed by atoms with E-state index < -0.39 is 17.7 Å². The van der Waals surface area contributed by atoms with Crippen molar-refractivity contribution in [3.05, 3.63) is 35.4 Å².